The van der Waals surface area contributed by atoms with Crippen LogP contribution in [0.5, 0.6) is 11.5 Å². The second-order valence-electron chi connectivity index (χ2n) is 3.44. The highest BCUT2D eigenvalue weighted by Gasteiger charge is 1.96. The van der Waals surface area contributed by atoms with E-state index >= 15 is 0 Å². The van der Waals surface area contributed by atoms with Gasteiger partial charge in [-0.15, -0.1) is 5.75 Å². The number of hydrogen-bond acceptors (Lipinski definition) is 4. The molecule has 0 amide bonds. The van der Waals surface area contributed by atoms with Crippen molar-refractivity contribution in [1.82, 2.24) is 0 Å². The molecule has 0 aliphatic rings. The first kappa shape index (κ1) is 11.0. The molecule has 0 unspecified atom stereocenters. The standard InChI is InChI=1S/C13H10O4/c14-10-4-1-9(2-5-10)3-6-12-7-11(15)8-13(16)17-12/h1-8,14-15H/p-1/b6-3+. The van der Waals surface area contributed by atoms with Crippen LogP contribution in [-0.4, -0.2) is 5.11 Å². The summed E-state index contributed by atoms with van der Waals surface area (Å²) in [4.78, 5) is 11.0. The van der Waals surface area contributed by atoms with Crippen molar-refractivity contribution >= 4 is 12.2 Å². The van der Waals surface area contributed by atoms with Gasteiger partial charge < -0.3 is 14.6 Å². The zero-order chi connectivity index (χ0) is 12.3. The van der Waals surface area contributed by atoms with E-state index in [2.05, 4.69) is 0 Å². The Morgan fingerprint density at radius 1 is 1.12 bits per heavy atom. The van der Waals surface area contributed by atoms with Gasteiger partial charge in [0.25, 0.3) is 0 Å². The molecule has 4 nitrogen and oxygen atoms in total. The molecule has 1 N–H and O–H groups in total. The summed E-state index contributed by atoms with van der Waals surface area (Å²) in [6.07, 6.45) is 3.22. The van der Waals surface area contributed by atoms with E-state index in [-0.39, 0.29) is 17.3 Å². The van der Waals surface area contributed by atoms with Crippen LogP contribution in [0.1, 0.15) is 11.3 Å². The number of hydrogen-bond donors (Lipinski definition) is 1. The van der Waals surface area contributed by atoms with Crippen molar-refractivity contribution in [1.29, 1.82) is 0 Å². The van der Waals surface area contributed by atoms with E-state index in [4.69, 9.17) is 4.42 Å². The normalized spacial score (nSPS) is 10.8. The predicted octanol–water partition coefficient (Wildman–Crippen LogP) is 1.59. The lowest BCUT2D eigenvalue weighted by atomic mass is 10.2. The third-order valence-corrected chi connectivity index (χ3v) is 2.09. The molecule has 0 spiro atoms. The molecule has 2 aromatic rings. The van der Waals surface area contributed by atoms with E-state index in [0.29, 0.717) is 0 Å². The van der Waals surface area contributed by atoms with Crippen molar-refractivity contribution < 1.29 is 14.6 Å². The molecule has 0 fully saturated rings. The van der Waals surface area contributed by atoms with Crippen molar-refractivity contribution in [3.05, 3.63) is 58.1 Å². The van der Waals surface area contributed by atoms with Crippen LogP contribution >= 0.6 is 0 Å². The van der Waals surface area contributed by atoms with Crippen LogP contribution in [0.2, 0.25) is 0 Å². The molecule has 0 saturated carbocycles. The third-order valence-electron chi connectivity index (χ3n) is 2.09. The maximum absolute atomic E-state index is 11.0. The third kappa shape index (κ3) is 2.98. The van der Waals surface area contributed by atoms with Gasteiger partial charge in [0.1, 0.15) is 11.5 Å². The molecule has 4 heteroatoms. The van der Waals surface area contributed by atoms with E-state index in [9.17, 15) is 15.0 Å². The van der Waals surface area contributed by atoms with Gasteiger partial charge in [-0.25, -0.2) is 4.79 Å². The monoisotopic (exact) mass is 229 g/mol. The second kappa shape index (κ2) is 4.57. The molecule has 86 valence electrons. The van der Waals surface area contributed by atoms with E-state index in [0.717, 1.165) is 11.6 Å². The van der Waals surface area contributed by atoms with Crippen LogP contribution < -0.4 is 10.7 Å². The molecular formula is C13H9O4-. The van der Waals surface area contributed by atoms with Crippen molar-refractivity contribution in [2.75, 3.05) is 0 Å². The minimum absolute atomic E-state index is 0.0639. The lowest BCUT2D eigenvalue weighted by Gasteiger charge is -2.02. The first-order valence-corrected chi connectivity index (χ1v) is 4.93. The van der Waals surface area contributed by atoms with Crippen LogP contribution in [0.25, 0.3) is 12.2 Å². The molecule has 1 heterocycles. The summed E-state index contributed by atoms with van der Waals surface area (Å²) >= 11 is 0. The second-order valence-corrected chi connectivity index (χ2v) is 3.44. The Bertz CT molecular complexity index is 594. The Labute approximate surface area is 97.1 Å². The average molecular weight is 229 g/mol. The minimum atomic E-state index is -0.612. The highest BCUT2D eigenvalue weighted by molar-refractivity contribution is 5.67. The number of benzene rings is 1. The van der Waals surface area contributed by atoms with Crippen LogP contribution in [0.15, 0.2) is 45.6 Å². The van der Waals surface area contributed by atoms with Gasteiger partial charge >= 0.3 is 5.63 Å². The highest BCUT2D eigenvalue weighted by atomic mass is 16.4. The molecular weight excluding hydrogens is 220 g/mol. The van der Waals surface area contributed by atoms with Gasteiger partial charge in [0.15, 0.2) is 0 Å². The van der Waals surface area contributed by atoms with Crippen LogP contribution in [0, 0.1) is 0 Å². The lowest BCUT2D eigenvalue weighted by Crippen LogP contribution is -1.95. The van der Waals surface area contributed by atoms with Crippen LogP contribution in [-0.2, 0) is 0 Å². The maximum Gasteiger partial charge on any atom is 0.339 e. The summed E-state index contributed by atoms with van der Waals surface area (Å²) in [5, 5.41) is 20.1. The number of aromatic hydroxyl groups is 1. The van der Waals surface area contributed by atoms with Gasteiger partial charge in [0.2, 0.25) is 0 Å². The van der Waals surface area contributed by atoms with Gasteiger partial charge in [-0.3, -0.25) is 0 Å². The van der Waals surface area contributed by atoms with Crippen LogP contribution in [0.4, 0.5) is 0 Å². The summed E-state index contributed by atoms with van der Waals surface area (Å²) < 4.78 is 4.84. The zero-order valence-corrected chi connectivity index (χ0v) is 8.79. The topological polar surface area (TPSA) is 73.5 Å². The molecule has 1 aromatic carbocycles. The lowest BCUT2D eigenvalue weighted by molar-refractivity contribution is -0.268. The molecule has 0 saturated heterocycles. The van der Waals surface area contributed by atoms with Gasteiger partial charge in [0.05, 0.1) is 6.07 Å². The zero-order valence-electron chi connectivity index (χ0n) is 8.79. The summed E-state index contributed by atoms with van der Waals surface area (Å²) in [5.41, 5.74) is 0.190. The summed E-state index contributed by atoms with van der Waals surface area (Å²) in [6.45, 7) is 0. The Morgan fingerprint density at radius 2 is 1.82 bits per heavy atom. The average Bonchev–Trinajstić information content (AvgIpc) is 2.27. The molecule has 0 bridgehead atoms. The van der Waals surface area contributed by atoms with Gasteiger partial charge in [0, 0.05) is 6.07 Å². The van der Waals surface area contributed by atoms with Crippen LogP contribution in [0.3, 0.4) is 0 Å². The fraction of sp³-hybridized carbons (Fsp3) is 0. The van der Waals surface area contributed by atoms with E-state index < -0.39 is 5.63 Å². The van der Waals surface area contributed by atoms with E-state index in [1.165, 1.54) is 18.2 Å². The van der Waals surface area contributed by atoms with Crippen molar-refractivity contribution in [2.45, 2.75) is 0 Å². The molecule has 2 rings (SSSR count). The predicted molar refractivity (Wildman–Crippen MR) is 61.5 cm³/mol. The minimum Gasteiger partial charge on any atom is -0.872 e. The fourth-order valence-corrected chi connectivity index (χ4v) is 1.32. The Kier molecular flexibility index (Phi) is 2.96. The van der Waals surface area contributed by atoms with Crippen molar-refractivity contribution in [3.8, 4) is 11.5 Å². The largest absolute Gasteiger partial charge is 0.872 e. The number of rotatable bonds is 2. The summed E-state index contributed by atoms with van der Waals surface area (Å²) in [6, 6.07) is 8.51. The Balaban J connectivity index is 2.25. The van der Waals surface area contributed by atoms with E-state index in [1.807, 2.05) is 0 Å². The molecule has 0 radical (unpaired) electrons. The van der Waals surface area contributed by atoms with Crippen molar-refractivity contribution in [3.63, 3.8) is 0 Å². The summed E-state index contributed by atoms with van der Waals surface area (Å²) in [5.74, 6) is 0.0445. The highest BCUT2D eigenvalue weighted by Crippen LogP contribution is 2.13. The Hall–Kier alpha value is -2.49. The summed E-state index contributed by atoms with van der Waals surface area (Å²) in [7, 11) is 0. The molecule has 0 aliphatic carbocycles. The van der Waals surface area contributed by atoms with Crippen molar-refractivity contribution in [2.24, 2.45) is 0 Å². The molecule has 0 atom stereocenters. The molecule has 0 aliphatic heterocycles. The smallest absolute Gasteiger partial charge is 0.339 e. The molecule has 1 aromatic heterocycles. The quantitative estimate of drug-likeness (QED) is 0.848. The fourth-order valence-electron chi connectivity index (χ4n) is 1.32. The first-order chi connectivity index (χ1) is 8.13. The SMILES string of the molecule is O=c1cc(O)cc(/C=C/c2ccc([O-])cc2)o1. The molecule has 17 heavy (non-hydrogen) atoms. The van der Waals surface area contributed by atoms with Gasteiger partial charge in [-0.05, 0) is 11.6 Å². The van der Waals surface area contributed by atoms with Gasteiger partial charge in [-0.1, -0.05) is 30.3 Å². The first-order valence-electron chi connectivity index (χ1n) is 4.93. The maximum atomic E-state index is 11.0. The van der Waals surface area contributed by atoms with Gasteiger partial charge in [-0.2, -0.15) is 0 Å². The Morgan fingerprint density at radius 3 is 2.47 bits per heavy atom. The van der Waals surface area contributed by atoms with E-state index in [1.54, 1.807) is 24.3 Å².